The fraction of sp³-hybridized carbons (Fsp3) is 0.0526. The molecular weight excluding hydrogens is 339 g/mol. The highest BCUT2D eigenvalue weighted by Crippen LogP contribution is 2.27. The van der Waals surface area contributed by atoms with Gasteiger partial charge in [0, 0.05) is 5.39 Å². The normalized spacial score (nSPS) is 11.1. The molecule has 3 aromatic carbocycles. The average molecular weight is 352 g/mol. The molecule has 4 aromatic rings. The summed E-state index contributed by atoms with van der Waals surface area (Å²) in [5.41, 5.74) is -0.110. The molecule has 0 aliphatic carbocycles. The molecule has 1 heterocycles. The van der Waals surface area contributed by atoms with Crippen molar-refractivity contribution in [1.82, 2.24) is 3.96 Å². The van der Waals surface area contributed by atoms with Gasteiger partial charge in [0.1, 0.15) is 12.4 Å². The van der Waals surface area contributed by atoms with Gasteiger partial charge >= 0.3 is 0 Å². The standard InChI is InChI=1S/C19H13FN2O2S/c20-15-7-3-4-8-16(15)21-17(23)11-22-19(24)14-10-9-12-5-1-2-6-13(12)18(14)25-22/h1-10H,11H2,(H,21,23). The van der Waals surface area contributed by atoms with E-state index >= 15 is 0 Å². The van der Waals surface area contributed by atoms with E-state index in [4.69, 9.17) is 0 Å². The Kier molecular flexibility index (Phi) is 3.82. The molecule has 0 saturated carbocycles. The summed E-state index contributed by atoms with van der Waals surface area (Å²) in [6, 6.07) is 17.4. The molecule has 4 nitrogen and oxygen atoms in total. The van der Waals surface area contributed by atoms with Crippen molar-refractivity contribution in [2.45, 2.75) is 6.54 Å². The van der Waals surface area contributed by atoms with Gasteiger partial charge in [-0.05, 0) is 23.6 Å². The number of amides is 1. The fourth-order valence-electron chi connectivity index (χ4n) is 2.78. The second-order valence-corrected chi connectivity index (χ2v) is 6.66. The zero-order valence-electron chi connectivity index (χ0n) is 13.0. The zero-order chi connectivity index (χ0) is 17.4. The minimum absolute atomic E-state index is 0.104. The summed E-state index contributed by atoms with van der Waals surface area (Å²) in [7, 11) is 0. The number of anilines is 1. The van der Waals surface area contributed by atoms with Gasteiger partial charge in [0.15, 0.2) is 0 Å². The molecule has 0 spiro atoms. The van der Waals surface area contributed by atoms with Crippen LogP contribution in [0.25, 0.3) is 20.9 Å². The van der Waals surface area contributed by atoms with Crippen molar-refractivity contribution >= 4 is 44.0 Å². The van der Waals surface area contributed by atoms with E-state index in [1.807, 2.05) is 30.3 Å². The summed E-state index contributed by atoms with van der Waals surface area (Å²) in [5.74, 6) is -0.950. The van der Waals surface area contributed by atoms with E-state index in [2.05, 4.69) is 5.32 Å². The van der Waals surface area contributed by atoms with Crippen LogP contribution in [0.5, 0.6) is 0 Å². The van der Waals surface area contributed by atoms with Crippen LogP contribution >= 0.6 is 11.5 Å². The molecule has 0 aliphatic rings. The van der Waals surface area contributed by atoms with E-state index in [1.165, 1.54) is 27.6 Å². The SMILES string of the molecule is O=C(Cn1sc2c(ccc3ccccc32)c1=O)Nc1ccccc1F. The summed E-state index contributed by atoms with van der Waals surface area (Å²) in [4.78, 5) is 24.7. The van der Waals surface area contributed by atoms with Crippen LogP contribution in [0.2, 0.25) is 0 Å². The van der Waals surface area contributed by atoms with Crippen LogP contribution in [0.3, 0.4) is 0 Å². The second-order valence-electron chi connectivity index (χ2n) is 5.62. The quantitative estimate of drug-likeness (QED) is 0.606. The molecule has 0 aliphatic heterocycles. The lowest BCUT2D eigenvalue weighted by molar-refractivity contribution is -0.116. The monoisotopic (exact) mass is 352 g/mol. The van der Waals surface area contributed by atoms with Crippen LogP contribution in [0.15, 0.2) is 65.5 Å². The Bertz CT molecular complexity index is 1160. The Morgan fingerprint density at radius 2 is 1.76 bits per heavy atom. The Hall–Kier alpha value is -2.99. The first-order valence-corrected chi connectivity index (χ1v) is 8.47. The highest BCUT2D eigenvalue weighted by molar-refractivity contribution is 7.15. The maximum absolute atomic E-state index is 13.6. The van der Waals surface area contributed by atoms with Crippen molar-refractivity contribution in [2.24, 2.45) is 0 Å². The fourth-order valence-corrected chi connectivity index (χ4v) is 3.90. The molecule has 4 rings (SSSR count). The Balaban J connectivity index is 1.69. The maximum atomic E-state index is 13.6. The summed E-state index contributed by atoms with van der Waals surface area (Å²) in [6.07, 6.45) is 0. The van der Waals surface area contributed by atoms with Crippen molar-refractivity contribution in [3.63, 3.8) is 0 Å². The minimum Gasteiger partial charge on any atom is -0.322 e. The first kappa shape index (κ1) is 15.5. The molecule has 124 valence electrons. The van der Waals surface area contributed by atoms with Crippen LogP contribution in [0.4, 0.5) is 10.1 Å². The van der Waals surface area contributed by atoms with E-state index in [0.29, 0.717) is 5.39 Å². The summed E-state index contributed by atoms with van der Waals surface area (Å²) >= 11 is 1.25. The Morgan fingerprint density at radius 1 is 1.00 bits per heavy atom. The van der Waals surface area contributed by atoms with Gasteiger partial charge in [-0.1, -0.05) is 54.0 Å². The van der Waals surface area contributed by atoms with Crippen molar-refractivity contribution in [1.29, 1.82) is 0 Å². The van der Waals surface area contributed by atoms with Gasteiger partial charge < -0.3 is 5.32 Å². The number of nitrogens with one attached hydrogen (secondary N) is 1. The van der Waals surface area contributed by atoms with Gasteiger partial charge in [-0.15, -0.1) is 0 Å². The summed E-state index contributed by atoms with van der Waals surface area (Å²) in [5, 5.41) is 5.11. The third kappa shape index (κ3) is 2.81. The van der Waals surface area contributed by atoms with E-state index in [1.54, 1.807) is 18.2 Å². The Labute approximate surface area is 146 Å². The number of nitrogens with zero attached hydrogens (tertiary/aromatic N) is 1. The van der Waals surface area contributed by atoms with E-state index in [-0.39, 0.29) is 17.8 Å². The molecule has 0 fully saturated rings. The van der Waals surface area contributed by atoms with Crippen LogP contribution in [0, 0.1) is 5.82 Å². The molecule has 0 unspecified atom stereocenters. The lowest BCUT2D eigenvalue weighted by atomic mass is 10.1. The predicted octanol–water partition coefficient (Wildman–Crippen LogP) is 3.99. The van der Waals surface area contributed by atoms with Gasteiger partial charge in [0.2, 0.25) is 5.91 Å². The predicted molar refractivity (Wildman–Crippen MR) is 98.6 cm³/mol. The second kappa shape index (κ2) is 6.14. The number of para-hydroxylation sites is 1. The number of aromatic nitrogens is 1. The largest absolute Gasteiger partial charge is 0.322 e. The maximum Gasteiger partial charge on any atom is 0.269 e. The number of halogens is 1. The number of hydrogen-bond acceptors (Lipinski definition) is 3. The molecule has 1 N–H and O–H groups in total. The first-order chi connectivity index (χ1) is 12.1. The first-order valence-electron chi connectivity index (χ1n) is 7.69. The van der Waals surface area contributed by atoms with Crippen molar-refractivity contribution < 1.29 is 9.18 Å². The topological polar surface area (TPSA) is 51.1 Å². The van der Waals surface area contributed by atoms with Crippen molar-refractivity contribution in [2.75, 3.05) is 5.32 Å². The number of carbonyl (C=O) groups is 1. The van der Waals surface area contributed by atoms with Gasteiger partial charge in [0.05, 0.1) is 15.8 Å². The van der Waals surface area contributed by atoms with E-state index in [0.717, 1.165) is 15.5 Å². The molecule has 25 heavy (non-hydrogen) atoms. The average Bonchev–Trinajstić information content (AvgIpc) is 2.93. The Morgan fingerprint density at radius 3 is 2.60 bits per heavy atom. The molecule has 1 aromatic heterocycles. The molecule has 0 bridgehead atoms. The highest BCUT2D eigenvalue weighted by Gasteiger charge is 2.14. The van der Waals surface area contributed by atoms with Gasteiger partial charge in [-0.2, -0.15) is 0 Å². The minimum atomic E-state index is -0.509. The molecule has 0 atom stereocenters. The molecule has 0 radical (unpaired) electrons. The van der Waals surface area contributed by atoms with Crippen LogP contribution in [0.1, 0.15) is 0 Å². The smallest absolute Gasteiger partial charge is 0.269 e. The van der Waals surface area contributed by atoms with Crippen molar-refractivity contribution in [3.8, 4) is 0 Å². The molecule has 0 saturated heterocycles. The highest BCUT2D eigenvalue weighted by atomic mass is 32.1. The molecule has 6 heteroatoms. The van der Waals surface area contributed by atoms with Crippen LogP contribution < -0.4 is 10.9 Å². The molecular formula is C19H13FN2O2S. The van der Waals surface area contributed by atoms with E-state index in [9.17, 15) is 14.0 Å². The summed E-state index contributed by atoms with van der Waals surface area (Å²) < 4.78 is 15.9. The number of benzene rings is 3. The van der Waals surface area contributed by atoms with Crippen LogP contribution in [-0.4, -0.2) is 9.86 Å². The third-order valence-electron chi connectivity index (χ3n) is 3.97. The van der Waals surface area contributed by atoms with Gasteiger partial charge in [0.25, 0.3) is 5.56 Å². The number of carbonyl (C=O) groups excluding carboxylic acids is 1. The third-order valence-corrected chi connectivity index (χ3v) is 5.11. The van der Waals surface area contributed by atoms with Crippen LogP contribution in [-0.2, 0) is 11.3 Å². The van der Waals surface area contributed by atoms with Crippen molar-refractivity contribution in [3.05, 3.63) is 76.8 Å². The molecule has 1 amide bonds. The zero-order valence-corrected chi connectivity index (χ0v) is 13.8. The van der Waals surface area contributed by atoms with Gasteiger partial charge in [-0.3, -0.25) is 13.5 Å². The number of hydrogen-bond donors (Lipinski definition) is 1. The number of fused-ring (bicyclic) bond motifs is 3. The van der Waals surface area contributed by atoms with E-state index < -0.39 is 11.7 Å². The lowest BCUT2D eigenvalue weighted by Gasteiger charge is -2.05. The van der Waals surface area contributed by atoms with Gasteiger partial charge in [-0.25, -0.2) is 4.39 Å². The summed E-state index contributed by atoms with van der Waals surface area (Å²) in [6.45, 7) is -0.152. The number of rotatable bonds is 3. The lowest BCUT2D eigenvalue weighted by Crippen LogP contribution is -2.24.